The lowest BCUT2D eigenvalue weighted by molar-refractivity contribution is -0.138. The van der Waals surface area contributed by atoms with Crippen LogP contribution < -0.4 is 4.74 Å². The maximum atomic E-state index is 13.1. The third kappa shape index (κ3) is 3.57. The van der Waals surface area contributed by atoms with Crippen LogP contribution in [0.2, 0.25) is 0 Å². The van der Waals surface area contributed by atoms with Crippen molar-refractivity contribution in [1.29, 1.82) is 0 Å². The highest BCUT2D eigenvalue weighted by atomic mass is 32.2. The zero-order valence-electron chi connectivity index (χ0n) is 14.6. The van der Waals surface area contributed by atoms with Crippen molar-refractivity contribution in [3.05, 3.63) is 59.2 Å². The summed E-state index contributed by atoms with van der Waals surface area (Å²) in [6.07, 6.45) is -5.34. The zero-order chi connectivity index (χ0) is 20.7. The summed E-state index contributed by atoms with van der Waals surface area (Å²) >= 11 is 0. The van der Waals surface area contributed by atoms with Crippen LogP contribution >= 0.6 is 0 Å². The van der Waals surface area contributed by atoms with Crippen LogP contribution in [0.1, 0.15) is 29.2 Å². The molecule has 0 amide bonds. The van der Waals surface area contributed by atoms with E-state index in [1.807, 2.05) is 0 Å². The fourth-order valence-electron chi connectivity index (χ4n) is 3.24. The van der Waals surface area contributed by atoms with E-state index in [0.717, 1.165) is 10.4 Å². The van der Waals surface area contributed by atoms with Crippen molar-refractivity contribution in [1.82, 2.24) is 4.31 Å². The first-order chi connectivity index (χ1) is 13.1. The average Bonchev–Trinajstić information content (AvgIpc) is 2.82. The number of hydrogen-bond acceptors (Lipinski definition) is 4. The van der Waals surface area contributed by atoms with Gasteiger partial charge in [0.25, 0.3) is 0 Å². The molecule has 0 aliphatic carbocycles. The van der Waals surface area contributed by atoms with Gasteiger partial charge in [-0.05, 0) is 29.8 Å². The number of carboxylic acid groups (broad SMARTS) is 1. The van der Waals surface area contributed by atoms with E-state index in [2.05, 4.69) is 0 Å². The SMILES string of the molecule is COc1ccccc1CN1[C@@H](CC(=O)O)c2cc(C(F)(F)F)ccc2S1(=O)=O. The molecule has 1 N–H and O–H groups in total. The fraction of sp³-hybridized carbons (Fsp3) is 0.278. The molecule has 28 heavy (non-hydrogen) atoms. The van der Waals surface area contributed by atoms with Crippen molar-refractivity contribution < 1.29 is 36.2 Å². The van der Waals surface area contributed by atoms with Crippen molar-refractivity contribution in [2.75, 3.05) is 7.11 Å². The maximum Gasteiger partial charge on any atom is 0.416 e. The van der Waals surface area contributed by atoms with Gasteiger partial charge in [0, 0.05) is 12.1 Å². The summed E-state index contributed by atoms with van der Waals surface area (Å²) in [4.78, 5) is 11.0. The van der Waals surface area contributed by atoms with Crippen molar-refractivity contribution in [3.8, 4) is 5.75 Å². The smallest absolute Gasteiger partial charge is 0.416 e. The Morgan fingerprint density at radius 1 is 1.21 bits per heavy atom. The third-order valence-electron chi connectivity index (χ3n) is 4.52. The minimum atomic E-state index is -4.68. The normalized spacial score (nSPS) is 18.6. The second kappa shape index (κ2) is 7.10. The molecule has 1 atom stereocenters. The van der Waals surface area contributed by atoms with Crippen LogP contribution in [0.3, 0.4) is 0 Å². The van der Waals surface area contributed by atoms with Crippen LogP contribution in [0.5, 0.6) is 5.75 Å². The van der Waals surface area contributed by atoms with Crippen molar-refractivity contribution in [3.63, 3.8) is 0 Å². The molecule has 1 aliphatic heterocycles. The Hall–Kier alpha value is -2.59. The summed E-state index contributed by atoms with van der Waals surface area (Å²) in [6, 6.07) is 7.56. The molecule has 0 aromatic heterocycles. The summed E-state index contributed by atoms with van der Waals surface area (Å²) in [5.41, 5.74) is -0.740. The Balaban J connectivity index is 2.12. The van der Waals surface area contributed by atoms with E-state index in [1.165, 1.54) is 7.11 Å². The molecule has 0 saturated heterocycles. The van der Waals surface area contributed by atoms with Crippen molar-refractivity contribution in [2.45, 2.75) is 30.1 Å². The maximum absolute atomic E-state index is 13.1. The van der Waals surface area contributed by atoms with E-state index >= 15 is 0 Å². The number of para-hydroxylation sites is 1. The monoisotopic (exact) mass is 415 g/mol. The van der Waals surface area contributed by atoms with E-state index in [9.17, 15) is 31.5 Å². The van der Waals surface area contributed by atoms with Crippen molar-refractivity contribution >= 4 is 16.0 Å². The Morgan fingerprint density at radius 3 is 2.50 bits per heavy atom. The lowest BCUT2D eigenvalue weighted by Gasteiger charge is -2.23. The van der Waals surface area contributed by atoms with Gasteiger partial charge < -0.3 is 9.84 Å². The first kappa shape index (κ1) is 20.2. The van der Waals surface area contributed by atoms with E-state index in [0.29, 0.717) is 23.4 Å². The fourth-order valence-corrected chi connectivity index (χ4v) is 5.06. The van der Waals surface area contributed by atoms with Gasteiger partial charge in [0.15, 0.2) is 0 Å². The predicted octanol–water partition coefficient (Wildman–Crippen LogP) is 3.43. The average molecular weight is 415 g/mol. The van der Waals surface area contributed by atoms with Crippen molar-refractivity contribution in [2.24, 2.45) is 0 Å². The van der Waals surface area contributed by atoms with E-state index in [1.54, 1.807) is 24.3 Å². The van der Waals surface area contributed by atoms with Gasteiger partial charge in [-0.2, -0.15) is 17.5 Å². The highest BCUT2D eigenvalue weighted by Crippen LogP contribution is 2.45. The van der Waals surface area contributed by atoms with Gasteiger partial charge in [0.1, 0.15) is 5.75 Å². The van der Waals surface area contributed by atoms with Crippen LogP contribution in [0.25, 0.3) is 0 Å². The van der Waals surface area contributed by atoms with E-state index in [-0.39, 0.29) is 17.0 Å². The molecule has 10 heteroatoms. The number of alkyl halides is 3. The second-order valence-corrected chi connectivity index (χ2v) is 8.09. The molecular weight excluding hydrogens is 399 g/mol. The molecule has 0 saturated carbocycles. The van der Waals surface area contributed by atoms with Crippen LogP contribution in [-0.4, -0.2) is 30.9 Å². The summed E-state index contributed by atoms with van der Waals surface area (Å²) in [6.45, 7) is -0.236. The molecular formula is C18H16F3NO5S. The first-order valence-electron chi connectivity index (χ1n) is 8.12. The Kier molecular flexibility index (Phi) is 5.11. The molecule has 0 fully saturated rings. The van der Waals surface area contributed by atoms with Crippen LogP contribution in [0, 0.1) is 0 Å². The number of benzene rings is 2. The number of carboxylic acids is 1. The number of rotatable bonds is 5. The molecule has 0 radical (unpaired) electrons. The lowest BCUT2D eigenvalue weighted by Crippen LogP contribution is -2.29. The van der Waals surface area contributed by atoms with Crippen LogP contribution in [-0.2, 0) is 27.5 Å². The summed E-state index contributed by atoms with van der Waals surface area (Å²) in [5.74, 6) is -0.936. The molecule has 6 nitrogen and oxygen atoms in total. The molecule has 2 aromatic rings. The highest BCUT2D eigenvalue weighted by Gasteiger charge is 2.45. The Morgan fingerprint density at radius 2 is 1.89 bits per heavy atom. The molecule has 3 rings (SSSR count). The summed E-state index contributed by atoms with van der Waals surface area (Å²) in [5, 5.41) is 9.22. The largest absolute Gasteiger partial charge is 0.496 e. The number of carbonyl (C=O) groups is 1. The molecule has 1 aliphatic rings. The predicted molar refractivity (Wildman–Crippen MR) is 92.2 cm³/mol. The van der Waals surface area contributed by atoms with Crippen LogP contribution in [0.4, 0.5) is 13.2 Å². The van der Waals surface area contributed by atoms with Gasteiger partial charge in [0.2, 0.25) is 10.0 Å². The zero-order valence-corrected chi connectivity index (χ0v) is 15.4. The van der Waals surface area contributed by atoms with E-state index in [4.69, 9.17) is 4.74 Å². The Bertz CT molecular complexity index is 1020. The minimum absolute atomic E-state index is 0.174. The number of halogens is 3. The molecule has 0 spiro atoms. The van der Waals surface area contributed by atoms with Gasteiger partial charge >= 0.3 is 12.1 Å². The topological polar surface area (TPSA) is 83.9 Å². The number of fused-ring (bicyclic) bond motifs is 1. The van der Waals surface area contributed by atoms with Gasteiger partial charge in [-0.15, -0.1) is 0 Å². The van der Waals surface area contributed by atoms with Gasteiger partial charge in [0.05, 0.1) is 30.0 Å². The van der Waals surface area contributed by atoms with Gasteiger partial charge in [-0.1, -0.05) is 18.2 Å². The third-order valence-corrected chi connectivity index (χ3v) is 6.45. The van der Waals surface area contributed by atoms with E-state index < -0.39 is 40.2 Å². The van der Waals surface area contributed by atoms with Gasteiger partial charge in [-0.3, -0.25) is 4.79 Å². The number of nitrogens with zero attached hydrogens (tertiary/aromatic N) is 1. The molecule has 2 aromatic carbocycles. The molecule has 0 bridgehead atoms. The number of hydrogen-bond donors (Lipinski definition) is 1. The molecule has 150 valence electrons. The number of methoxy groups -OCH3 is 1. The minimum Gasteiger partial charge on any atom is -0.496 e. The quantitative estimate of drug-likeness (QED) is 0.809. The lowest BCUT2D eigenvalue weighted by atomic mass is 10.0. The standard InChI is InChI=1S/C18H16F3NO5S/c1-27-15-5-3-2-4-11(15)10-22-14(9-17(23)24)13-8-12(18(19,20)21)6-7-16(13)28(22,25)26/h2-8,14H,9-10H2,1H3,(H,23,24)/t14-/m0/s1. The van der Waals surface area contributed by atoms with Gasteiger partial charge in [-0.25, -0.2) is 8.42 Å². The number of aliphatic carboxylic acids is 1. The molecule has 1 heterocycles. The summed E-state index contributed by atoms with van der Waals surface area (Å²) in [7, 11) is -2.78. The first-order valence-corrected chi connectivity index (χ1v) is 9.56. The Labute approximate surface area is 159 Å². The summed E-state index contributed by atoms with van der Waals surface area (Å²) < 4.78 is 71.3. The molecule has 0 unspecified atom stereocenters. The number of sulfonamides is 1. The number of ether oxygens (including phenoxy) is 1. The van der Waals surface area contributed by atoms with Crippen LogP contribution in [0.15, 0.2) is 47.4 Å². The highest BCUT2D eigenvalue weighted by molar-refractivity contribution is 7.89. The second-order valence-electron chi connectivity index (χ2n) is 6.23.